The highest BCUT2D eigenvalue weighted by atomic mass is 16.5. The molecule has 2 heterocycles. The molecule has 0 aromatic carbocycles. The summed E-state index contributed by atoms with van der Waals surface area (Å²) < 4.78 is 5.32. The van der Waals surface area contributed by atoms with Gasteiger partial charge in [0.25, 0.3) is 0 Å². The molecule has 3 nitrogen and oxygen atoms in total. The Morgan fingerprint density at radius 3 is 2.93 bits per heavy atom. The Bertz CT molecular complexity index is 308. The van der Waals surface area contributed by atoms with Crippen molar-refractivity contribution in [2.75, 3.05) is 13.6 Å². The van der Waals surface area contributed by atoms with E-state index in [9.17, 15) is 0 Å². The molecular formula is C11H18N2O. The van der Waals surface area contributed by atoms with E-state index in [-0.39, 0.29) is 0 Å². The molecule has 0 bridgehead atoms. The van der Waals surface area contributed by atoms with Crippen LogP contribution in [0.15, 0.2) is 10.6 Å². The van der Waals surface area contributed by atoms with Crippen molar-refractivity contribution in [3.63, 3.8) is 0 Å². The van der Waals surface area contributed by atoms with Gasteiger partial charge < -0.3 is 9.42 Å². The van der Waals surface area contributed by atoms with Crippen LogP contribution in [0.4, 0.5) is 0 Å². The zero-order chi connectivity index (χ0) is 10.1. The zero-order valence-corrected chi connectivity index (χ0v) is 9.16. The van der Waals surface area contributed by atoms with Crippen molar-refractivity contribution >= 4 is 0 Å². The first kappa shape index (κ1) is 9.71. The largest absolute Gasteiger partial charge is 0.361 e. The molecule has 2 rings (SSSR count). The van der Waals surface area contributed by atoms with Gasteiger partial charge in [0, 0.05) is 18.0 Å². The van der Waals surface area contributed by atoms with Gasteiger partial charge in [0.1, 0.15) is 5.76 Å². The van der Waals surface area contributed by atoms with Gasteiger partial charge in [0.05, 0.1) is 5.69 Å². The van der Waals surface area contributed by atoms with Gasteiger partial charge in [-0.05, 0) is 40.3 Å². The highest BCUT2D eigenvalue weighted by molar-refractivity contribution is 5.10. The fourth-order valence-electron chi connectivity index (χ4n) is 2.12. The first-order chi connectivity index (χ1) is 6.66. The molecule has 1 aromatic rings. The van der Waals surface area contributed by atoms with Crippen LogP contribution in [-0.4, -0.2) is 29.7 Å². The van der Waals surface area contributed by atoms with Crippen molar-refractivity contribution in [1.82, 2.24) is 10.1 Å². The van der Waals surface area contributed by atoms with Gasteiger partial charge in [-0.1, -0.05) is 5.16 Å². The number of hydrogen-bond donors (Lipinski definition) is 0. The van der Waals surface area contributed by atoms with Gasteiger partial charge in [0.15, 0.2) is 0 Å². The molecule has 1 fully saturated rings. The van der Waals surface area contributed by atoms with Crippen molar-refractivity contribution in [2.24, 2.45) is 0 Å². The molecule has 0 spiro atoms. The molecular weight excluding hydrogens is 176 g/mol. The van der Waals surface area contributed by atoms with E-state index in [4.69, 9.17) is 4.52 Å². The van der Waals surface area contributed by atoms with E-state index < -0.39 is 0 Å². The minimum Gasteiger partial charge on any atom is -0.361 e. The van der Waals surface area contributed by atoms with Gasteiger partial charge in [-0.15, -0.1) is 0 Å². The molecule has 0 amide bonds. The van der Waals surface area contributed by atoms with Crippen LogP contribution < -0.4 is 0 Å². The Morgan fingerprint density at radius 1 is 1.57 bits per heavy atom. The van der Waals surface area contributed by atoms with Crippen molar-refractivity contribution < 1.29 is 4.52 Å². The van der Waals surface area contributed by atoms with Crippen molar-refractivity contribution in [2.45, 2.75) is 38.6 Å². The van der Waals surface area contributed by atoms with E-state index in [0.29, 0.717) is 12.0 Å². The fraction of sp³-hybridized carbons (Fsp3) is 0.727. The lowest BCUT2D eigenvalue weighted by Gasteiger charge is -2.33. The smallest absolute Gasteiger partial charge is 0.140 e. The normalized spacial score (nSPS) is 29.4. The molecule has 1 saturated heterocycles. The van der Waals surface area contributed by atoms with E-state index in [0.717, 1.165) is 18.0 Å². The van der Waals surface area contributed by atoms with Crippen LogP contribution in [0.2, 0.25) is 0 Å². The summed E-state index contributed by atoms with van der Waals surface area (Å²) in [6, 6.07) is 2.72. The third-order valence-electron chi connectivity index (χ3n) is 3.26. The molecule has 78 valence electrons. The lowest BCUT2D eigenvalue weighted by molar-refractivity contribution is 0.169. The summed E-state index contributed by atoms with van der Waals surface area (Å²) in [6.45, 7) is 5.41. The first-order valence-corrected chi connectivity index (χ1v) is 5.30. The van der Waals surface area contributed by atoms with Crippen LogP contribution in [0.1, 0.15) is 37.1 Å². The standard InChI is InChI=1S/C11H18N2O/c1-8-6-11(14-12-8)10-4-5-13(3)9(2)7-10/h6,9-10H,4-5,7H2,1-3H3. The number of aryl methyl sites for hydroxylation is 1. The average molecular weight is 194 g/mol. The number of nitrogens with zero attached hydrogens (tertiary/aromatic N) is 2. The summed E-state index contributed by atoms with van der Waals surface area (Å²) in [5, 5.41) is 3.95. The van der Waals surface area contributed by atoms with Crippen molar-refractivity contribution in [1.29, 1.82) is 0 Å². The minimum absolute atomic E-state index is 0.572. The summed E-state index contributed by atoms with van der Waals surface area (Å²) in [4.78, 5) is 2.40. The van der Waals surface area contributed by atoms with Crippen LogP contribution >= 0.6 is 0 Å². The van der Waals surface area contributed by atoms with Gasteiger partial charge in [-0.25, -0.2) is 0 Å². The number of aromatic nitrogens is 1. The monoisotopic (exact) mass is 194 g/mol. The lowest BCUT2D eigenvalue weighted by Crippen LogP contribution is -2.36. The highest BCUT2D eigenvalue weighted by Gasteiger charge is 2.26. The Hall–Kier alpha value is -0.830. The Balaban J connectivity index is 2.06. The maximum Gasteiger partial charge on any atom is 0.140 e. The Kier molecular flexibility index (Phi) is 2.59. The van der Waals surface area contributed by atoms with Gasteiger partial charge in [-0.3, -0.25) is 0 Å². The number of hydrogen-bond acceptors (Lipinski definition) is 3. The summed E-state index contributed by atoms with van der Waals surface area (Å²) in [5.41, 5.74) is 0.992. The molecule has 0 N–H and O–H groups in total. The average Bonchev–Trinajstić information content (AvgIpc) is 2.57. The molecule has 2 unspecified atom stereocenters. The molecule has 0 radical (unpaired) electrons. The maximum atomic E-state index is 5.32. The van der Waals surface area contributed by atoms with E-state index in [1.807, 2.05) is 6.92 Å². The van der Waals surface area contributed by atoms with Crippen LogP contribution in [-0.2, 0) is 0 Å². The molecule has 1 aliphatic rings. The van der Waals surface area contributed by atoms with E-state index in [2.05, 4.69) is 30.1 Å². The molecule has 3 heteroatoms. The van der Waals surface area contributed by atoms with Crippen molar-refractivity contribution in [3.05, 3.63) is 17.5 Å². The van der Waals surface area contributed by atoms with E-state index in [1.54, 1.807) is 0 Å². The number of piperidine rings is 1. The van der Waals surface area contributed by atoms with Crippen molar-refractivity contribution in [3.8, 4) is 0 Å². The van der Waals surface area contributed by atoms with Crippen LogP contribution in [0.3, 0.4) is 0 Å². The molecule has 2 atom stereocenters. The summed E-state index contributed by atoms with van der Waals surface area (Å²) >= 11 is 0. The fourth-order valence-corrected chi connectivity index (χ4v) is 2.12. The number of rotatable bonds is 1. The summed E-state index contributed by atoms with van der Waals surface area (Å²) in [5.74, 6) is 1.64. The molecule has 1 aliphatic heterocycles. The second-order valence-electron chi connectivity index (χ2n) is 4.42. The minimum atomic E-state index is 0.572. The first-order valence-electron chi connectivity index (χ1n) is 5.30. The maximum absolute atomic E-state index is 5.32. The Morgan fingerprint density at radius 2 is 2.36 bits per heavy atom. The quantitative estimate of drug-likeness (QED) is 0.686. The number of likely N-dealkylation sites (tertiary alicyclic amines) is 1. The summed E-state index contributed by atoms with van der Waals surface area (Å²) in [7, 11) is 2.19. The van der Waals surface area contributed by atoms with Crippen LogP contribution in [0, 0.1) is 6.92 Å². The van der Waals surface area contributed by atoms with Crippen LogP contribution in [0.5, 0.6) is 0 Å². The highest BCUT2D eigenvalue weighted by Crippen LogP contribution is 2.30. The third-order valence-corrected chi connectivity index (χ3v) is 3.26. The lowest BCUT2D eigenvalue weighted by atomic mass is 9.90. The van der Waals surface area contributed by atoms with Crippen LogP contribution in [0.25, 0.3) is 0 Å². The predicted molar refractivity (Wildman–Crippen MR) is 55.3 cm³/mol. The topological polar surface area (TPSA) is 29.3 Å². The Labute approximate surface area is 85.1 Å². The molecule has 14 heavy (non-hydrogen) atoms. The van der Waals surface area contributed by atoms with E-state index in [1.165, 1.54) is 12.8 Å². The zero-order valence-electron chi connectivity index (χ0n) is 9.16. The predicted octanol–water partition coefficient (Wildman–Crippen LogP) is 2.18. The summed E-state index contributed by atoms with van der Waals surface area (Å²) in [6.07, 6.45) is 2.38. The molecule has 0 saturated carbocycles. The SMILES string of the molecule is Cc1cc(C2CCN(C)C(C)C2)on1. The third kappa shape index (κ3) is 1.82. The second-order valence-corrected chi connectivity index (χ2v) is 4.42. The van der Waals surface area contributed by atoms with Gasteiger partial charge in [-0.2, -0.15) is 0 Å². The van der Waals surface area contributed by atoms with Gasteiger partial charge >= 0.3 is 0 Å². The van der Waals surface area contributed by atoms with E-state index >= 15 is 0 Å². The molecule has 0 aliphatic carbocycles. The molecule has 1 aromatic heterocycles. The van der Waals surface area contributed by atoms with Gasteiger partial charge in [0.2, 0.25) is 0 Å². The second kappa shape index (κ2) is 3.73.